The van der Waals surface area contributed by atoms with Gasteiger partial charge in [-0.15, -0.1) is 0 Å². The third-order valence-electron chi connectivity index (χ3n) is 19.3. The SMILES string of the molecule is CC(C)(C)OC(=O)N1C(C2CC2)C[C@H](O[Si](C)(C)C(C)(C)C)[C@@H]1C1CC1.CC(C)(C)OC(=O)N1[C@@H](C2CC2)[C@H](O[Si](C)(C)C(C)(C)C)CC1(O)C1CC1.CC(C)(C)OC(=O)N[C@@H](C1CC1)[C@H](CC(=O)C1CC1)O[Si](C)(C)C(C)(C)C. The van der Waals surface area contributed by atoms with E-state index in [4.69, 9.17) is 27.5 Å². The molecule has 0 spiro atoms. The molecule has 0 aromatic rings. The predicted octanol–water partition coefficient (Wildman–Crippen LogP) is 15.5. The van der Waals surface area contributed by atoms with Crippen LogP contribution in [0.25, 0.3) is 0 Å². The first-order valence-electron chi connectivity index (χ1n) is 31.5. The molecule has 2 unspecified atom stereocenters. The molecule has 462 valence electrons. The van der Waals surface area contributed by atoms with Crippen molar-refractivity contribution in [1.29, 1.82) is 0 Å². The molecular formula is C63H117N3O11Si3. The van der Waals surface area contributed by atoms with Gasteiger partial charge in [0.2, 0.25) is 0 Å². The van der Waals surface area contributed by atoms with Crippen molar-refractivity contribution in [1.82, 2.24) is 15.1 Å². The van der Waals surface area contributed by atoms with Gasteiger partial charge in [0.15, 0.2) is 25.0 Å². The Morgan fingerprint density at radius 3 is 1.39 bits per heavy atom. The minimum absolute atomic E-state index is 0.0495. The Bertz CT molecular complexity index is 2160. The summed E-state index contributed by atoms with van der Waals surface area (Å²) in [7, 11) is -5.94. The van der Waals surface area contributed by atoms with Gasteiger partial charge in [0.1, 0.15) is 28.3 Å². The van der Waals surface area contributed by atoms with Crippen LogP contribution in [0.5, 0.6) is 0 Å². The quantitative estimate of drug-likeness (QED) is 0.112. The molecule has 2 aliphatic heterocycles. The second kappa shape index (κ2) is 23.7. The van der Waals surface area contributed by atoms with Crippen molar-refractivity contribution in [3.8, 4) is 0 Å². The first kappa shape index (κ1) is 67.1. The number of nitrogens with one attached hydrogen (secondary N) is 1. The smallest absolute Gasteiger partial charge is 0.412 e. The van der Waals surface area contributed by atoms with Crippen LogP contribution in [-0.4, -0.2) is 129 Å². The molecule has 3 amide bonds. The van der Waals surface area contributed by atoms with Crippen LogP contribution in [0, 0.1) is 35.5 Å². The van der Waals surface area contributed by atoms with Gasteiger partial charge in [0.05, 0.1) is 36.4 Å². The second-order valence-corrected chi connectivity index (χ2v) is 47.9. The molecule has 0 radical (unpaired) electrons. The topological polar surface area (TPSA) is 162 Å². The average Bonchev–Trinajstić information content (AvgIpc) is 4.04. The van der Waals surface area contributed by atoms with Crippen LogP contribution < -0.4 is 5.32 Å². The maximum atomic E-state index is 13.2. The van der Waals surface area contributed by atoms with Crippen LogP contribution in [-0.2, 0) is 32.3 Å². The van der Waals surface area contributed by atoms with Crippen molar-refractivity contribution in [2.45, 2.75) is 340 Å². The maximum absolute atomic E-state index is 13.2. The zero-order chi connectivity index (χ0) is 60.5. The summed E-state index contributed by atoms with van der Waals surface area (Å²) in [6.45, 7) is 50.9. The molecule has 80 heavy (non-hydrogen) atoms. The lowest BCUT2D eigenvalue weighted by Gasteiger charge is -2.41. The monoisotopic (exact) mass is 1180 g/mol. The van der Waals surface area contributed by atoms with Crippen LogP contribution in [0.3, 0.4) is 0 Å². The minimum atomic E-state index is -2.07. The van der Waals surface area contributed by atoms with Gasteiger partial charge < -0.3 is 37.9 Å². The van der Waals surface area contributed by atoms with Crippen molar-refractivity contribution in [3.05, 3.63) is 0 Å². The molecule has 0 bridgehead atoms. The summed E-state index contributed by atoms with van der Waals surface area (Å²) in [5.41, 5.74) is -2.69. The van der Waals surface area contributed by atoms with Crippen LogP contribution in [0.4, 0.5) is 14.4 Å². The molecular weight excluding hydrogens is 1060 g/mol. The fraction of sp³-hybridized carbons (Fsp3) is 0.937. The third kappa shape index (κ3) is 18.0. The molecule has 8 rings (SSSR count). The van der Waals surface area contributed by atoms with Crippen molar-refractivity contribution in [3.63, 3.8) is 0 Å². The Hall–Kier alpha value is -2.03. The van der Waals surface area contributed by atoms with Gasteiger partial charge in [0, 0.05) is 30.7 Å². The number of hydrogen-bond donors (Lipinski definition) is 2. The van der Waals surface area contributed by atoms with Crippen LogP contribution in [0.2, 0.25) is 54.4 Å². The highest BCUT2D eigenvalue weighted by atomic mass is 28.4. The lowest BCUT2D eigenvalue weighted by molar-refractivity contribution is -0.122. The number of hydrogen-bond acceptors (Lipinski definition) is 11. The molecule has 8 atom stereocenters. The zero-order valence-electron chi connectivity index (χ0n) is 55.0. The number of likely N-dealkylation sites (tertiary alicyclic amines) is 2. The Balaban J connectivity index is 0.000000194. The van der Waals surface area contributed by atoms with Gasteiger partial charge in [-0.2, -0.15) is 0 Å². The van der Waals surface area contributed by atoms with E-state index in [1.54, 1.807) is 4.90 Å². The fourth-order valence-electron chi connectivity index (χ4n) is 11.0. The van der Waals surface area contributed by atoms with E-state index >= 15 is 0 Å². The van der Waals surface area contributed by atoms with E-state index in [0.717, 1.165) is 57.8 Å². The number of Topliss-reactive ketones (excluding diaryl/α,β-unsaturated/α-hetero) is 1. The molecule has 8 aliphatic rings. The Morgan fingerprint density at radius 1 is 0.550 bits per heavy atom. The van der Waals surface area contributed by atoms with Crippen LogP contribution in [0.15, 0.2) is 0 Å². The number of alkyl carbamates (subject to hydrolysis) is 1. The van der Waals surface area contributed by atoms with E-state index in [0.29, 0.717) is 42.6 Å². The van der Waals surface area contributed by atoms with Gasteiger partial charge in [-0.25, -0.2) is 14.4 Å². The molecule has 8 fully saturated rings. The number of ketones is 1. The maximum Gasteiger partial charge on any atom is 0.412 e. The molecule has 14 nitrogen and oxygen atoms in total. The van der Waals surface area contributed by atoms with Gasteiger partial charge in [0.25, 0.3) is 0 Å². The molecule has 0 aromatic heterocycles. The van der Waals surface area contributed by atoms with E-state index < -0.39 is 53.6 Å². The summed E-state index contributed by atoms with van der Waals surface area (Å²) in [6, 6.07) is 0.297. The highest BCUT2D eigenvalue weighted by Gasteiger charge is 2.65. The lowest BCUT2D eigenvalue weighted by Crippen LogP contribution is -2.55. The number of aliphatic hydroxyl groups is 1. The highest BCUT2D eigenvalue weighted by Crippen LogP contribution is 2.56. The molecule has 6 saturated carbocycles. The summed E-state index contributed by atoms with van der Waals surface area (Å²) < 4.78 is 37.4. The Kier molecular flexibility index (Phi) is 19.9. The van der Waals surface area contributed by atoms with Crippen molar-refractivity contribution < 1.29 is 51.8 Å². The first-order chi connectivity index (χ1) is 36.2. The van der Waals surface area contributed by atoms with Crippen LogP contribution in [0.1, 0.15) is 221 Å². The third-order valence-corrected chi connectivity index (χ3v) is 32.9. The van der Waals surface area contributed by atoms with Gasteiger partial charge in [-0.1, -0.05) is 62.3 Å². The number of ether oxygens (including phenoxy) is 3. The molecule has 2 N–H and O–H groups in total. The van der Waals surface area contributed by atoms with Crippen molar-refractivity contribution >= 4 is 49.0 Å². The molecule has 0 aromatic carbocycles. The van der Waals surface area contributed by atoms with E-state index in [1.165, 1.54) is 25.7 Å². The highest BCUT2D eigenvalue weighted by molar-refractivity contribution is 6.75. The number of carbonyl (C=O) groups is 4. The summed E-state index contributed by atoms with van der Waals surface area (Å²) in [4.78, 5) is 55.1. The number of nitrogens with zero attached hydrogens (tertiary/aromatic N) is 2. The Morgan fingerprint density at radius 2 is 0.988 bits per heavy atom. The van der Waals surface area contributed by atoms with Gasteiger partial charge >= 0.3 is 18.3 Å². The zero-order valence-corrected chi connectivity index (χ0v) is 58.0. The van der Waals surface area contributed by atoms with Crippen molar-refractivity contribution in [2.75, 3.05) is 0 Å². The Labute approximate surface area is 489 Å². The second-order valence-electron chi connectivity index (χ2n) is 33.6. The van der Waals surface area contributed by atoms with Crippen LogP contribution >= 0.6 is 0 Å². The summed E-state index contributed by atoms with van der Waals surface area (Å²) >= 11 is 0. The van der Waals surface area contributed by atoms with Gasteiger partial charge in [-0.05, 0) is 224 Å². The summed E-state index contributed by atoms with van der Waals surface area (Å²) in [5, 5.41) is 15.0. The summed E-state index contributed by atoms with van der Waals surface area (Å²) in [6.07, 6.45) is 14.0. The fourth-order valence-corrected chi connectivity index (χ4v) is 15.1. The molecule has 6 aliphatic carbocycles. The molecule has 2 saturated heterocycles. The van der Waals surface area contributed by atoms with E-state index in [9.17, 15) is 24.3 Å². The average molecular weight is 1180 g/mol. The van der Waals surface area contributed by atoms with E-state index in [-0.39, 0.29) is 81.4 Å². The number of rotatable bonds is 16. The van der Waals surface area contributed by atoms with E-state index in [2.05, 4.69) is 112 Å². The lowest BCUT2D eigenvalue weighted by atomic mass is 9.99. The normalized spacial score (nSPS) is 28.0. The number of amides is 3. The van der Waals surface area contributed by atoms with Crippen molar-refractivity contribution in [2.24, 2.45) is 35.5 Å². The minimum Gasteiger partial charge on any atom is -0.444 e. The number of carbonyl (C=O) groups excluding carboxylic acids is 4. The molecule has 17 heteroatoms. The standard InChI is InChI=1S/2C21H39NO4Si.C21H39NO3Si/c1-19(2,3)25-18(23)22-17(14-9-10-14)16(13-21(22,24)15-11-12-15)26-27(7,8)20(4,5)6;1-20(2,3)25-19(24)22-18(15-11-12-15)17(13-16(23)14-9-10-14)26-27(7,8)21(4,5)6;1-20(2,3)24-19(23)22-16(14-9-10-14)13-17(18(22)15-11-12-15)25-26(7,8)21(4,5)6/h14-17,24H,9-13H2,1-8H3;14-15,17-18H,9-13H2,1-8H3,(H,22,24);14-18H,9-13H2,1-8H3/t16-,17+,21?;17-,18-;16?,17-,18-/m100/s1. The van der Waals surface area contributed by atoms with Gasteiger partial charge in [-0.3, -0.25) is 14.6 Å². The predicted molar refractivity (Wildman–Crippen MR) is 327 cm³/mol. The summed E-state index contributed by atoms with van der Waals surface area (Å²) in [5.74, 6) is 2.68. The molecule has 2 heterocycles. The van der Waals surface area contributed by atoms with E-state index in [1.807, 2.05) is 62.3 Å². The first-order valence-corrected chi connectivity index (χ1v) is 40.2. The largest absolute Gasteiger partial charge is 0.444 e.